The summed E-state index contributed by atoms with van der Waals surface area (Å²) in [5.41, 5.74) is 3.60. The molecule has 0 radical (unpaired) electrons. The van der Waals surface area contributed by atoms with Gasteiger partial charge in [-0.2, -0.15) is 5.10 Å². The minimum absolute atomic E-state index is 0.264. The number of fused-ring (bicyclic) bond motifs is 1. The van der Waals surface area contributed by atoms with Crippen LogP contribution in [0.2, 0.25) is 5.02 Å². The lowest BCUT2D eigenvalue weighted by molar-refractivity contribution is -0.113. The highest BCUT2D eigenvalue weighted by Crippen LogP contribution is 2.31. The smallest absolute Gasteiger partial charge is 0.282 e. The standard InChI is InChI=1S/C21H17ClF2N6O/c1-29-9-14(8-26-29)17-5-13-7-25-19(6-18(13)27-17)28-16-3-2-12(4-15(16)22)20(31)30-10-21(23,24)11-30/h2-9,27H,10-11H2,1H3,(H,25,28). The molecule has 2 N–H and O–H groups in total. The van der Waals surface area contributed by atoms with Crippen molar-refractivity contribution in [2.75, 3.05) is 18.4 Å². The van der Waals surface area contributed by atoms with Gasteiger partial charge in [-0.3, -0.25) is 9.48 Å². The number of anilines is 2. The number of aryl methyl sites for hydroxylation is 1. The zero-order valence-electron chi connectivity index (χ0n) is 16.4. The van der Waals surface area contributed by atoms with Gasteiger partial charge in [-0.15, -0.1) is 0 Å². The minimum Gasteiger partial charge on any atom is -0.354 e. The molecule has 0 atom stereocenters. The molecule has 4 aromatic rings. The van der Waals surface area contributed by atoms with Gasteiger partial charge in [0.2, 0.25) is 0 Å². The molecule has 31 heavy (non-hydrogen) atoms. The summed E-state index contributed by atoms with van der Waals surface area (Å²) >= 11 is 6.32. The molecule has 10 heteroatoms. The Bertz CT molecular complexity index is 1310. The molecular weight excluding hydrogens is 426 g/mol. The zero-order chi connectivity index (χ0) is 21.8. The first kappa shape index (κ1) is 19.5. The van der Waals surface area contributed by atoms with Crippen LogP contribution in [0.1, 0.15) is 10.4 Å². The lowest BCUT2D eigenvalue weighted by Gasteiger charge is -2.38. The Hall–Kier alpha value is -3.46. The first-order chi connectivity index (χ1) is 14.8. The van der Waals surface area contributed by atoms with Crippen molar-refractivity contribution in [2.24, 2.45) is 7.05 Å². The number of amides is 1. The molecule has 158 valence electrons. The summed E-state index contributed by atoms with van der Waals surface area (Å²) in [4.78, 5) is 21.1. The maximum absolute atomic E-state index is 13.0. The molecule has 1 amide bonds. The van der Waals surface area contributed by atoms with Gasteiger partial charge in [0.05, 0.1) is 35.5 Å². The van der Waals surface area contributed by atoms with Crippen molar-refractivity contribution in [2.45, 2.75) is 5.92 Å². The fourth-order valence-corrected chi connectivity index (χ4v) is 3.76. The third-order valence-corrected chi connectivity index (χ3v) is 5.44. The number of hydrogen-bond acceptors (Lipinski definition) is 4. The second-order valence-electron chi connectivity index (χ2n) is 7.58. The third kappa shape index (κ3) is 3.72. The molecule has 0 bridgehead atoms. The molecule has 1 fully saturated rings. The normalized spacial score (nSPS) is 15.2. The Morgan fingerprint density at radius 1 is 1.23 bits per heavy atom. The number of benzene rings is 1. The number of aromatic amines is 1. The number of hydrogen-bond donors (Lipinski definition) is 2. The molecule has 0 saturated carbocycles. The second-order valence-corrected chi connectivity index (χ2v) is 7.99. The van der Waals surface area contributed by atoms with E-state index in [1.807, 2.05) is 25.4 Å². The number of H-pyrrole nitrogens is 1. The van der Waals surface area contributed by atoms with Crippen LogP contribution in [0.4, 0.5) is 20.3 Å². The summed E-state index contributed by atoms with van der Waals surface area (Å²) in [6.07, 6.45) is 5.44. The highest BCUT2D eigenvalue weighted by molar-refractivity contribution is 6.33. The summed E-state index contributed by atoms with van der Waals surface area (Å²) in [6, 6.07) is 8.51. The summed E-state index contributed by atoms with van der Waals surface area (Å²) in [5.74, 6) is -2.70. The number of halogens is 3. The Morgan fingerprint density at radius 3 is 2.71 bits per heavy atom. The first-order valence-corrected chi connectivity index (χ1v) is 9.87. The van der Waals surface area contributed by atoms with Crippen molar-refractivity contribution in [3.05, 3.63) is 59.5 Å². The fraction of sp³-hybridized carbons (Fsp3) is 0.190. The van der Waals surface area contributed by atoms with Gasteiger partial charge < -0.3 is 15.2 Å². The number of nitrogens with zero attached hydrogens (tertiary/aromatic N) is 4. The van der Waals surface area contributed by atoms with Gasteiger partial charge in [-0.25, -0.2) is 13.8 Å². The van der Waals surface area contributed by atoms with E-state index in [2.05, 4.69) is 20.4 Å². The number of pyridine rings is 1. The van der Waals surface area contributed by atoms with Crippen molar-refractivity contribution in [1.82, 2.24) is 24.6 Å². The van der Waals surface area contributed by atoms with Crippen LogP contribution in [-0.2, 0) is 7.05 Å². The van der Waals surface area contributed by atoms with Crippen LogP contribution < -0.4 is 5.32 Å². The van der Waals surface area contributed by atoms with E-state index in [9.17, 15) is 13.6 Å². The summed E-state index contributed by atoms with van der Waals surface area (Å²) < 4.78 is 27.8. The molecule has 5 rings (SSSR count). The maximum Gasteiger partial charge on any atom is 0.282 e. The van der Waals surface area contributed by atoms with Gasteiger partial charge in [0.25, 0.3) is 11.8 Å². The molecular formula is C21H17ClF2N6O. The largest absolute Gasteiger partial charge is 0.354 e. The van der Waals surface area contributed by atoms with Crippen LogP contribution in [-0.4, -0.2) is 49.6 Å². The fourth-order valence-electron chi connectivity index (χ4n) is 3.54. The number of carbonyl (C=O) groups excluding carboxylic acids is 1. The zero-order valence-corrected chi connectivity index (χ0v) is 17.1. The van der Waals surface area contributed by atoms with E-state index in [1.165, 1.54) is 6.07 Å². The van der Waals surface area contributed by atoms with E-state index in [1.54, 1.807) is 29.2 Å². The minimum atomic E-state index is -2.81. The molecule has 1 aromatic carbocycles. The molecule has 4 heterocycles. The van der Waals surface area contributed by atoms with Gasteiger partial charge in [0.1, 0.15) is 5.82 Å². The molecule has 7 nitrogen and oxygen atoms in total. The van der Waals surface area contributed by atoms with Crippen molar-refractivity contribution >= 4 is 39.9 Å². The molecule has 3 aromatic heterocycles. The number of alkyl halides is 2. The van der Waals surface area contributed by atoms with Crippen LogP contribution in [0.5, 0.6) is 0 Å². The van der Waals surface area contributed by atoms with Crippen molar-refractivity contribution < 1.29 is 13.6 Å². The Kier molecular flexibility index (Phi) is 4.44. The van der Waals surface area contributed by atoms with Crippen molar-refractivity contribution in [1.29, 1.82) is 0 Å². The van der Waals surface area contributed by atoms with Gasteiger partial charge in [0, 0.05) is 47.7 Å². The second kappa shape index (κ2) is 7.05. The van der Waals surface area contributed by atoms with Crippen LogP contribution in [0, 0.1) is 0 Å². The highest BCUT2D eigenvalue weighted by atomic mass is 35.5. The van der Waals surface area contributed by atoms with Crippen molar-refractivity contribution in [3.63, 3.8) is 0 Å². The highest BCUT2D eigenvalue weighted by Gasteiger charge is 2.46. The van der Waals surface area contributed by atoms with E-state index in [0.717, 1.165) is 27.1 Å². The van der Waals surface area contributed by atoms with E-state index >= 15 is 0 Å². The van der Waals surface area contributed by atoms with Crippen LogP contribution in [0.25, 0.3) is 22.2 Å². The topological polar surface area (TPSA) is 78.8 Å². The van der Waals surface area contributed by atoms with Gasteiger partial charge in [-0.05, 0) is 24.3 Å². The predicted octanol–water partition coefficient (Wildman–Crippen LogP) is 4.45. The lowest BCUT2D eigenvalue weighted by Crippen LogP contribution is -2.58. The molecule has 0 unspecified atom stereocenters. The van der Waals surface area contributed by atoms with E-state index in [0.29, 0.717) is 16.5 Å². The number of carbonyl (C=O) groups is 1. The summed E-state index contributed by atoms with van der Waals surface area (Å²) in [7, 11) is 1.86. The Labute approximate surface area is 180 Å². The average Bonchev–Trinajstić information content (AvgIpc) is 3.32. The number of rotatable bonds is 4. The average molecular weight is 443 g/mol. The third-order valence-electron chi connectivity index (χ3n) is 5.13. The molecule has 0 spiro atoms. The molecule has 0 aliphatic carbocycles. The molecule has 1 saturated heterocycles. The van der Waals surface area contributed by atoms with E-state index < -0.39 is 24.9 Å². The SMILES string of the molecule is Cn1cc(-c2cc3cnc(Nc4ccc(C(=O)N5CC(F)(F)C5)cc4Cl)cc3[nH]2)cn1. The van der Waals surface area contributed by atoms with Crippen LogP contribution in [0.15, 0.2) is 48.9 Å². The molecule has 1 aliphatic rings. The summed E-state index contributed by atoms with van der Waals surface area (Å²) in [5, 5.41) is 8.55. The van der Waals surface area contributed by atoms with Crippen molar-refractivity contribution in [3.8, 4) is 11.3 Å². The first-order valence-electron chi connectivity index (χ1n) is 9.49. The number of nitrogens with one attached hydrogen (secondary N) is 2. The van der Waals surface area contributed by atoms with E-state index in [-0.39, 0.29) is 5.56 Å². The van der Waals surface area contributed by atoms with Crippen LogP contribution >= 0.6 is 11.6 Å². The monoisotopic (exact) mass is 442 g/mol. The quantitative estimate of drug-likeness (QED) is 0.489. The Morgan fingerprint density at radius 2 is 2.03 bits per heavy atom. The van der Waals surface area contributed by atoms with Gasteiger partial charge in [0.15, 0.2) is 0 Å². The predicted molar refractivity (Wildman–Crippen MR) is 114 cm³/mol. The maximum atomic E-state index is 13.0. The lowest BCUT2D eigenvalue weighted by atomic mass is 10.1. The van der Waals surface area contributed by atoms with Gasteiger partial charge >= 0.3 is 0 Å². The Balaban J connectivity index is 1.35. The number of likely N-dealkylation sites (tertiary alicyclic amines) is 1. The number of aromatic nitrogens is 4. The van der Waals surface area contributed by atoms with E-state index in [4.69, 9.17) is 11.6 Å². The molecule has 1 aliphatic heterocycles. The summed E-state index contributed by atoms with van der Waals surface area (Å²) in [6.45, 7) is -1.13. The van der Waals surface area contributed by atoms with Gasteiger partial charge in [-0.1, -0.05) is 11.6 Å². The van der Waals surface area contributed by atoms with Crippen LogP contribution in [0.3, 0.4) is 0 Å².